The molecule has 8 heteroatoms. The van der Waals surface area contributed by atoms with Gasteiger partial charge in [0.25, 0.3) is 0 Å². The zero-order valence-corrected chi connectivity index (χ0v) is 17.8. The average molecular weight is 418 g/mol. The standard InChI is InChI=1S/C21H27N3O4S/c1-16-5-4-6-20(17(16)2)22-21(25)15-23-11-13-24(14-12-23)29(26,27)19-9-7-18(28-3)8-10-19/h4-10H,11-15H2,1-3H3,(H,22,25). The normalized spacial score (nSPS) is 15.8. The molecule has 1 aliphatic heterocycles. The molecule has 2 aromatic rings. The monoisotopic (exact) mass is 417 g/mol. The number of sulfonamides is 1. The first kappa shape index (κ1) is 21.3. The smallest absolute Gasteiger partial charge is 0.243 e. The van der Waals surface area contributed by atoms with Gasteiger partial charge in [0.05, 0.1) is 18.6 Å². The van der Waals surface area contributed by atoms with E-state index in [9.17, 15) is 13.2 Å². The van der Waals surface area contributed by atoms with Crippen LogP contribution in [-0.4, -0.2) is 63.4 Å². The number of rotatable bonds is 6. The molecule has 0 spiro atoms. The lowest BCUT2D eigenvalue weighted by molar-refractivity contribution is -0.117. The van der Waals surface area contributed by atoms with Crippen LogP contribution in [0.3, 0.4) is 0 Å². The number of hydrogen-bond donors (Lipinski definition) is 1. The molecule has 0 radical (unpaired) electrons. The van der Waals surface area contributed by atoms with Gasteiger partial charge in [-0.1, -0.05) is 12.1 Å². The van der Waals surface area contributed by atoms with Crippen LogP contribution in [-0.2, 0) is 14.8 Å². The van der Waals surface area contributed by atoms with Crippen LogP contribution in [0.15, 0.2) is 47.4 Å². The number of nitrogens with zero attached hydrogens (tertiary/aromatic N) is 2. The summed E-state index contributed by atoms with van der Waals surface area (Å²) >= 11 is 0. The van der Waals surface area contributed by atoms with Crippen molar-refractivity contribution in [3.63, 3.8) is 0 Å². The van der Waals surface area contributed by atoms with Gasteiger partial charge in [0.15, 0.2) is 0 Å². The molecule has 0 unspecified atom stereocenters. The molecule has 0 aliphatic carbocycles. The molecule has 0 saturated carbocycles. The number of anilines is 1. The molecule has 7 nitrogen and oxygen atoms in total. The number of ether oxygens (including phenoxy) is 1. The highest BCUT2D eigenvalue weighted by Crippen LogP contribution is 2.21. The largest absolute Gasteiger partial charge is 0.497 e. The third-order valence-corrected chi connectivity index (χ3v) is 7.19. The molecule has 0 atom stereocenters. The lowest BCUT2D eigenvalue weighted by atomic mass is 10.1. The van der Waals surface area contributed by atoms with Crippen molar-refractivity contribution in [2.75, 3.05) is 45.2 Å². The van der Waals surface area contributed by atoms with E-state index in [0.717, 1.165) is 16.8 Å². The fourth-order valence-corrected chi connectivity index (χ4v) is 4.73. The van der Waals surface area contributed by atoms with Gasteiger partial charge in [-0.25, -0.2) is 8.42 Å². The lowest BCUT2D eigenvalue weighted by Gasteiger charge is -2.33. The van der Waals surface area contributed by atoms with Gasteiger partial charge in [0, 0.05) is 31.9 Å². The number of nitrogens with one attached hydrogen (secondary N) is 1. The third-order valence-electron chi connectivity index (χ3n) is 5.27. The molecule has 1 amide bonds. The average Bonchev–Trinajstić information content (AvgIpc) is 2.72. The van der Waals surface area contributed by atoms with Crippen LogP contribution in [0.25, 0.3) is 0 Å². The van der Waals surface area contributed by atoms with Crippen LogP contribution < -0.4 is 10.1 Å². The summed E-state index contributed by atoms with van der Waals surface area (Å²) in [6.45, 7) is 5.95. The van der Waals surface area contributed by atoms with Crippen LogP contribution in [0, 0.1) is 13.8 Å². The molecule has 1 heterocycles. The van der Waals surface area contributed by atoms with Crippen molar-refractivity contribution < 1.29 is 17.9 Å². The van der Waals surface area contributed by atoms with Crippen LogP contribution in [0.1, 0.15) is 11.1 Å². The Labute approximate surface area is 172 Å². The highest BCUT2D eigenvalue weighted by atomic mass is 32.2. The minimum Gasteiger partial charge on any atom is -0.497 e. The molecule has 29 heavy (non-hydrogen) atoms. The Morgan fingerprint density at radius 1 is 1.03 bits per heavy atom. The van der Waals surface area contributed by atoms with Gasteiger partial charge in [-0.05, 0) is 55.3 Å². The van der Waals surface area contributed by atoms with E-state index in [1.165, 1.54) is 4.31 Å². The second-order valence-electron chi connectivity index (χ2n) is 7.15. The number of methoxy groups -OCH3 is 1. The Kier molecular flexibility index (Phi) is 6.56. The number of piperazine rings is 1. The van der Waals surface area contributed by atoms with E-state index in [-0.39, 0.29) is 17.3 Å². The molecule has 156 valence electrons. The quantitative estimate of drug-likeness (QED) is 0.780. The predicted molar refractivity (Wildman–Crippen MR) is 113 cm³/mol. The van der Waals surface area contributed by atoms with E-state index in [0.29, 0.717) is 31.9 Å². The van der Waals surface area contributed by atoms with E-state index in [1.807, 2.05) is 36.9 Å². The second-order valence-corrected chi connectivity index (χ2v) is 9.09. The van der Waals surface area contributed by atoms with E-state index in [4.69, 9.17) is 4.74 Å². The molecule has 1 saturated heterocycles. The Bertz CT molecular complexity index is 966. The van der Waals surface area contributed by atoms with E-state index in [1.54, 1.807) is 31.4 Å². The molecular weight excluding hydrogens is 390 g/mol. The fraction of sp³-hybridized carbons (Fsp3) is 0.381. The summed E-state index contributed by atoms with van der Waals surface area (Å²) in [7, 11) is -2.01. The van der Waals surface area contributed by atoms with Crippen LogP contribution >= 0.6 is 0 Å². The molecule has 1 aliphatic rings. The number of hydrogen-bond acceptors (Lipinski definition) is 5. The van der Waals surface area contributed by atoms with Gasteiger partial charge in [-0.15, -0.1) is 0 Å². The number of aryl methyl sites for hydroxylation is 1. The van der Waals surface area contributed by atoms with Crippen LogP contribution in [0.2, 0.25) is 0 Å². The van der Waals surface area contributed by atoms with Gasteiger partial charge in [0.2, 0.25) is 15.9 Å². The zero-order valence-electron chi connectivity index (χ0n) is 17.0. The predicted octanol–water partition coefficient (Wildman–Crippen LogP) is 2.26. The van der Waals surface area contributed by atoms with Crippen molar-refractivity contribution in [3.05, 3.63) is 53.6 Å². The highest BCUT2D eigenvalue weighted by Gasteiger charge is 2.29. The van der Waals surface area contributed by atoms with Crippen molar-refractivity contribution >= 4 is 21.6 Å². The Morgan fingerprint density at radius 3 is 2.31 bits per heavy atom. The van der Waals surface area contributed by atoms with E-state index < -0.39 is 10.0 Å². The van der Waals surface area contributed by atoms with Gasteiger partial charge >= 0.3 is 0 Å². The van der Waals surface area contributed by atoms with Crippen molar-refractivity contribution in [2.45, 2.75) is 18.7 Å². The van der Waals surface area contributed by atoms with Gasteiger partial charge < -0.3 is 10.1 Å². The van der Waals surface area contributed by atoms with Crippen molar-refractivity contribution in [1.82, 2.24) is 9.21 Å². The molecule has 2 aromatic carbocycles. The maximum Gasteiger partial charge on any atom is 0.243 e. The molecule has 1 fully saturated rings. The van der Waals surface area contributed by atoms with Gasteiger partial charge in [-0.3, -0.25) is 9.69 Å². The second kappa shape index (κ2) is 8.94. The Morgan fingerprint density at radius 2 is 1.69 bits per heavy atom. The van der Waals surface area contributed by atoms with E-state index in [2.05, 4.69) is 5.32 Å². The molecule has 0 aromatic heterocycles. The number of amides is 1. The first-order valence-electron chi connectivity index (χ1n) is 9.54. The number of benzene rings is 2. The first-order chi connectivity index (χ1) is 13.8. The number of carbonyl (C=O) groups excluding carboxylic acids is 1. The van der Waals surface area contributed by atoms with Crippen molar-refractivity contribution in [1.29, 1.82) is 0 Å². The Hall–Kier alpha value is -2.42. The summed E-state index contributed by atoms with van der Waals surface area (Å²) < 4.78 is 32.2. The minimum atomic E-state index is -3.55. The minimum absolute atomic E-state index is 0.0924. The SMILES string of the molecule is COc1ccc(S(=O)(=O)N2CCN(CC(=O)Nc3cccc(C)c3C)CC2)cc1. The lowest BCUT2D eigenvalue weighted by Crippen LogP contribution is -2.50. The molecule has 1 N–H and O–H groups in total. The summed E-state index contributed by atoms with van der Waals surface area (Å²) in [4.78, 5) is 14.6. The maximum absolute atomic E-state index is 12.8. The zero-order chi connectivity index (χ0) is 21.0. The van der Waals surface area contributed by atoms with Crippen molar-refractivity contribution in [3.8, 4) is 5.75 Å². The van der Waals surface area contributed by atoms with E-state index >= 15 is 0 Å². The summed E-state index contributed by atoms with van der Waals surface area (Å²) in [5.74, 6) is 0.522. The number of carbonyl (C=O) groups is 1. The molecular formula is C21H27N3O4S. The van der Waals surface area contributed by atoms with Crippen molar-refractivity contribution in [2.24, 2.45) is 0 Å². The third kappa shape index (κ3) is 4.95. The molecule has 3 rings (SSSR count). The van der Waals surface area contributed by atoms with Gasteiger partial charge in [-0.2, -0.15) is 4.31 Å². The maximum atomic E-state index is 12.8. The fourth-order valence-electron chi connectivity index (χ4n) is 3.30. The van der Waals surface area contributed by atoms with Gasteiger partial charge in [0.1, 0.15) is 5.75 Å². The summed E-state index contributed by atoms with van der Waals surface area (Å²) in [5, 5.41) is 2.95. The summed E-state index contributed by atoms with van der Waals surface area (Å²) in [6, 6.07) is 12.2. The first-order valence-corrected chi connectivity index (χ1v) is 11.0. The van der Waals surface area contributed by atoms with Crippen LogP contribution in [0.5, 0.6) is 5.75 Å². The topological polar surface area (TPSA) is 79.0 Å². The molecule has 0 bridgehead atoms. The summed E-state index contributed by atoms with van der Waals surface area (Å²) in [5.41, 5.74) is 2.99. The summed E-state index contributed by atoms with van der Waals surface area (Å²) in [6.07, 6.45) is 0. The highest BCUT2D eigenvalue weighted by molar-refractivity contribution is 7.89. The Balaban J connectivity index is 1.55. The van der Waals surface area contributed by atoms with Crippen LogP contribution in [0.4, 0.5) is 5.69 Å².